The molecule has 0 radical (unpaired) electrons. The molecule has 7 heteroatoms. The van der Waals surface area contributed by atoms with Crippen LogP contribution in [-0.2, 0) is 13.0 Å². The number of carbonyl (C=O) groups excluding carboxylic acids is 2. The lowest BCUT2D eigenvalue weighted by atomic mass is 10.2. The first kappa shape index (κ1) is 17.3. The van der Waals surface area contributed by atoms with Gasteiger partial charge < -0.3 is 0 Å². The number of nitrogens with one attached hydrogen (secondary N) is 2. The third-order valence-corrected chi connectivity index (χ3v) is 3.92. The molecular formula is C19H19N5O2. The molecule has 0 atom stereocenters. The average Bonchev–Trinajstić information content (AvgIpc) is 3.10. The van der Waals surface area contributed by atoms with Gasteiger partial charge in [0, 0.05) is 12.4 Å². The molecule has 2 N–H and O–H groups in total. The minimum atomic E-state index is -0.429. The summed E-state index contributed by atoms with van der Waals surface area (Å²) in [4.78, 5) is 28.3. The van der Waals surface area contributed by atoms with Crippen molar-refractivity contribution >= 4 is 11.8 Å². The van der Waals surface area contributed by atoms with Crippen molar-refractivity contribution in [3.8, 4) is 0 Å². The van der Waals surface area contributed by atoms with Crippen LogP contribution in [0.15, 0.2) is 61.1 Å². The first-order valence-corrected chi connectivity index (χ1v) is 8.28. The number of hydrazine groups is 1. The summed E-state index contributed by atoms with van der Waals surface area (Å²) in [5.41, 5.74) is 7.53. The highest BCUT2D eigenvalue weighted by Crippen LogP contribution is 2.12. The number of nitrogens with zero attached hydrogens (tertiary/aromatic N) is 3. The van der Waals surface area contributed by atoms with E-state index in [-0.39, 0.29) is 0 Å². The van der Waals surface area contributed by atoms with E-state index in [0.717, 1.165) is 11.3 Å². The van der Waals surface area contributed by atoms with Crippen molar-refractivity contribution in [3.05, 3.63) is 83.4 Å². The number of carbonyl (C=O) groups is 2. The van der Waals surface area contributed by atoms with Crippen LogP contribution in [0.25, 0.3) is 0 Å². The van der Waals surface area contributed by atoms with E-state index in [4.69, 9.17) is 0 Å². The van der Waals surface area contributed by atoms with Crippen molar-refractivity contribution in [2.75, 3.05) is 0 Å². The van der Waals surface area contributed by atoms with Crippen LogP contribution < -0.4 is 10.9 Å². The van der Waals surface area contributed by atoms with E-state index in [0.29, 0.717) is 24.1 Å². The molecule has 0 saturated carbocycles. The van der Waals surface area contributed by atoms with Gasteiger partial charge in [0.1, 0.15) is 0 Å². The Morgan fingerprint density at radius 2 is 1.77 bits per heavy atom. The Labute approximate surface area is 151 Å². The van der Waals surface area contributed by atoms with E-state index in [9.17, 15) is 9.59 Å². The summed E-state index contributed by atoms with van der Waals surface area (Å²) in [6.07, 6.45) is 5.17. The Balaban J connectivity index is 1.68. The van der Waals surface area contributed by atoms with Crippen LogP contribution in [0.3, 0.4) is 0 Å². The molecule has 1 aromatic carbocycles. The average molecular weight is 349 g/mol. The summed E-state index contributed by atoms with van der Waals surface area (Å²) in [6, 6.07) is 13.2. The maximum atomic E-state index is 12.4. The Kier molecular flexibility index (Phi) is 5.38. The lowest BCUT2D eigenvalue weighted by Gasteiger charge is -2.09. The van der Waals surface area contributed by atoms with Crippen molar-refractivity contribution in [1.29, 1.82) is 0 Å². The number of amides is 2. The Morgan fingerprint density at radius 3 is 2.46 bits per heavy atom. The Bertz CT molecular complexity index is 891. The van der Waals surface area contributed by atoms with Crippen LogP contribution in [0.2, 0.25) is 0 Å². The third-order valence-electron chi connectivity index (χ3n) is 3.92. The largest absolute Gasteiger partial charge is 0.273 e. The number of rotatable bonds is 5. The molecule has 132 valence electrons. The monoisotopic (exact) mass is 349 g/mol. The van der Waals surface area contributed by atoms with E-state index >= 15 is 0 Å². The van der Waals surface area contributed by atoms with E-state index in [1.54, 1.807) is 23.0 Å². The molecule has 2 aromatic heterocycles. The van der Waals surface area contributed by atoms with Crippen LogP contribution in [-0.4, -0.2) is 26.6 Å². The van der Waals surface area contributed by atoms with Gasteiger partial charge in [0.2, 0.25) is 0 Å². The van der Waals surface area contributed by atoms with E-state index in [2.05, 4.69) is 20.9 Å². The molecule has 0 aliphatic rings. The zero-order chi connectivity index (χ0) is 18.4. The van der Waals surface area contributed by atoms with Gasteiger partial charge in [-0.3, -0.25) is 30.1 Å². The normalized spacial score (nSPS) is 10.3. The van der Waals surface area contributed by atoms with Crippen molar-refractivity contribution in [2.24, 2.45) is 0 Å². The number of aromatic nitrogens is 3. The lowest BCUT2D eigenvalue weighted by molar-refractivity contribution is 0.0846. The van der Waals surface area contributed by atoms with Crippen molar-refractivity contribution < 1.29 is 9.59 Å². The standard InChI is InChI=1S/C19H19N5O2/c1-2-17-16(12-21-24(17)13-14-7-4-3-5-8-14)19(26)23-22-18(25)15-9-6-10-20-11-15/h3-12H,2,13H2,1H3,(H,22,25)(H,23,26). The number of benzene rings is 1. The highest BCUT2D eigenvalue weighted by atomic mass is 16.2. The predicted octanol–water partition coefficient (Wildman–Crippen LogP) is 1.96. The van der Waals surface area contributed by atoms with Crippen LogP contribution in [0, 0.1) is 0 Å². The summed E-state index contributed by atoms with van der Waals surface area (Å²) in [6.45, 7) is 2.54. The Morgan fingerprint density at radius 1 is 1.00 bits per heavy atom. The second-order valence-corrected chi connectivity index (χ2v) is 5.65. The maximum absolute atomic E-state index is 12.4. The second kappa shape index (κ2) is 8.06. The minimum Gasteiger partial charge on any atom is -0.267 e. The fourth-order valence-electron chi connectivity index (χ4n) is 2.62. The highest BCUT2D eigenvalue weighted by Gasteiger charge is 2.17. The molecule has 0 unspecified atom stereocenters. The van der Waals surface area contributed by atoms with Gasteiger partial charge in [-0.05, 0) is 24.1 Å². The number of pyridine rings is 1. The lowest BCUT2D eigenvalue weighted by Crippen LogP contribution is -2.41. The molecule has 0 bridgehead atoms. The van der Waals surface area contributed by atoms with Crippen molar-refractivity contribution in [1.82, 2.24) is 25.6 Å². The predicted molar refractivity (Wildman–Crippen MR) is 96.3 cm³/mol. The molecule has 2 amide bonds. The fourth-order valence-corrected chi connectivity index (χ4v) is 2.62. The summed E-state index contributed by atoms with van der Waals surface area (Å²) >= 11 is 0. The highest BCUT2D eigenvalue weighted by molar-refractivity contribution is 5.99. The molecule has 2 heterocycles. The smallest absolute Gasteiger partial charge is 0.267 e. The third kappa shape index (κ3) is 3.94. The second-order valence-electron chi connectivity index (χ2n) is 5.65. The molecule has 0 fully saturated rings. The van der Waals surface area contributed by atoms with Crippen molar-refractivity contribution in [2.45, 2.75) is 19.9 Å². The van der Waals surface area contributed by atoms with E-state index < -0.39 is 11.8 Å². The topological polar surface area (TPSA) is 88.9 Å². The summed E-state index contributed by atoms with van der Waals surface area (Å²) < 4.78 is 1.80. The van der Waals surface area contributed by atoms with E-state index in [1.807, 2.05) is 37.3 Å². The summed E-state index contributed by atoms with van der Waals surface area (Å²) in [7, 11) is 0. The zero-order valence-corrected chi connectivity index (χ0v) is 14.3. The summed E-state index contributed by atoms with van der Waals surface area (Å²) in [5.74, 6) is -0.834. The van der Waals surface area contributed by atoms with E-state index in [1.165, 1.54) is 12.4 Å². The van der Waals surface area contributed by atoms with Gasteiger partial charge in [0.25, 0.3) is 11.8 Å². The van der Waals surface area contributed by atoms with Gasteiger partial charge in [-0.15, -0.1) is 0 Å². The van der Waals surface area contributed by atoms with Gasteiger partial charge >= 0.3 is 0 Å². The first-order chi connectivity index (χ1) is 12.7. The van der Waals surface area contributed by atoms with Crippen LogP contribution in [0.4, 0.5) is 0 Å². The zero-order valence-electron chi connectivity index (χ0n) is 14.3. The van der Waals surface area contributed by atoms with Crippen LogP contribution in [0.5, 0.6) is 0 Å². The number of hydrogen-bond donors (Lipinski definition) is 2. The maximum Gasteiger partial charge on any atom is 0.273 e. The van der Waals surface area contributed by atoms with Crippen LogP contribution in [0.1, 0.15) is 38.9 Å². The van der Waals surface area contributed by atoms with Gasteiger partial charge in [-0.25, -0.2) is 0 Å². The molecule has 0 aliphatic carbocycles. The van der Waals surface area contributed by atoms with Crippen LogP contribution >= 0.6 is 0 Å². The van der Waals surface area contributed by atoms with Gasteiger partial charge in [0.05, 0.1) is 29.6 Å². The summed E-state index contributed by atoms with van der Waals surface area (Å²) in [5, 5.41) is 4.32. The Hall–Kier alpha value is -3.48. The quantitative estimate of drug-likeness (QED) is 0.689. The molecule has 0 saturated heterocycles. The van der Waals surface area contributed by atoms with Gasteiger partial charge in [-0.2, -0.15) is 5.10 Å². The minimum absolute atomic E-state index is 0.364. The molecule has 0 spiro atoms. The van der Waals surface area contributed by atoms with Gasteiger partial charge in [0.15, 0.2) is 0 Å². The molecule has 3 rings (SSSR count). The number of hydrogen-bond acceptors (Lipinski definition) is 4. The molecule has 3 aromatic rings. The molecule has 7 nitrogen and oxygen atoms in total. The molecule has 0 aliphatic heterocycles. The van der Waals surface area contributed by atoms with Gasteiger partial charge in [-0.1, -0.05) is 37.3 Å². The first-order valence-electron chi connectivity index (χ1n) is 8.28. The van der Waals surface area contributed by atoms with Crippen molar-refractivity contribution in [3.63, 3.8) is 0 Å². The molecular weight excluding hydrogens is 330 g/mol. The fraction of sp³-hybridized carbons (Fsp3) is 0.158. The molecule has 26 heavy (non-hydrogen) atoms. The SMILES string of the molecule is CCc1c(C(=O)NNC(=O)c2cccnc2)cnn1Cc1ccccc1.